The number of thiazole rings is 2. The number of carbonyl (C=O) groups is 3. The monoisotopic (exact) mass is 730 g/mol. The standard InChI is InChI=1S/C38H46N6O5S2/c1-25(2)33-40-29(22-50-33)20-44(5)35(47)43-38(23-37(38,3)4)34(46)41-28(16-26-12-8-6-9-13-26)18-32(45)31(17-27-14-10-7-11-15-27)42-36(48)49-21-30-19-39-24-51-30/h6-10,12-14,19,22,24-25,28,31-32,45H,16-18,20-21,23H2,1-5H3,(H,41,46)(H,42,48)(H,43,47)/t28?,31-,32-,38?/m0/s1. The van der Waals surface area contributed by atoms with E-state index in [0.717, 1.165) is 26.7 Å². The van der Waals surface area contributed by atoms with Crippen LogP contribution in [0, 0.1) is 17.5 Å². The van der Waals surface area contributed by atoms with Crippen LogP contribution in [-0.4, -0.2) is 68.8 Å². The molecule has 0 radical (unpaired) electrons. The molecule has 2 unspecified atom stereocenters. The van der Waals surface area contributed by atoms with Gasteiger partial charge in [-0.05, 0) is 42.4 Å². The van der Waals surface area contributed by atoms with Gasteiger partial charge in [0.1, 0.15) is 12.1 Å². The summed E-state index contributed by atoms with van der Waals surface area (Å²) < 4.78 is 5.43. The quantitative estimate of drug-likeness (QED) is 0.117. The van der Waals surface area contributed by atoms with Crippen LogP contribution >= 0.6 is 22.7 Å². The number of alkyl carbamates (subject to hydrolysis) is 1. The second kappa shape index (κ2) is 16.7. The first-order valence-corrected chi connectivity index (χ1v) is 18.8. The van der Waals surface area contributed by atoms with Crippen LogP contribution in [0.5, 0.6) is 0 Å². The van der Waals surface area contributed by atoms with Gasteiger partial charge in [0.25, 0.3) is 0 Å². The van der Waals surface area contributed by atoms with Crippen molar-refractivity contribution in [2.75, 3.05) is 7.05 Å². The molecule has 4 aromatic rings. The van der Waals surface area contributed by atoms with E-state index in [9.17, 15) is 19.5 Å². The number of amides is 4. The Morgan fingerprint density at radius 1 is 1.08 bits per heavy atom. The smallest absolute Gasteiger partial charge is 0.407 e. The molecule has 0 saturated heterocycles. The van der Waals surface area contributed by atoms with Gasteiger partial charge in [-0.2, -0.15) is 0 Å². The molecule has 1 fully saturated rings. The third-order valence-electron chi connectivity index (χ3n) is 9.19. The summed E-state index contributed by atoms with van der Waals surface area (Å²) in [6.07, 6.45) is 1.12. The molecular formula is C38H46N6O5S2. The van der Waals surface area contributed by atoms with E-state index in [1.807, 2.05) is 61.7 Å². The molecule has 51 heavy (non-hydrogen) atoms. The molecule has 0 spiro atoms. The maximum absolute atomic E-state index is 14.2. The first-order valence-electron chi connectivity index (χ1n) is 17.0. The van der Waals surface area contributed by atoms with Crippen molar-refractivity contribution in [2.45, 2.75) is 96.2 Å². The van der Waals surface area contributed by atoms with Gasteiger partial charge >= 0.3 is 12.1 Å². The first kappa shape index (κ1) is 37.7. The molecule has 2 aromatic carbocycles. The van der Waals surface area contributed by atoms with Gasteiger partial charge in [0, 0.05) is 42.6 Å². The fourth-order valence-corrected chi connectivity index (χ4v) is 7.39. The molecule has 0 aliphatic heterocycles. The molecule has 5 rings (SSSR count). The van der Waals surface area contributed by atoms with E-state index in [1.165, 1.54) is 16.2 Å². The minimum absolute atomic E-state index is 0.0543. The Morgan fingerprint density at radius 2 is 1.84 bits per heavy atom. The summed E-state index contributed by atoms with van der Waals surface area (Å²) in [7, 11) is 1.69. The molecular weight excluding hydrogens is 685 g/mol. The van der Waals surface area contributed by atoms with Crippen molar-refractivity contribution in [2.24, 2.45) is 5.41 Å². The fourth-order valence-electron chi connectivity index (χ4n) is 6.06. The van der Waals surface area contributed by atoms with Crippen molar-refractivity contribution < 1.29 is 24.2 Å². The summed E-state index contributed by atoms with van der Waals surface area (Å²) in [5.74, 6) is -0.0219. The van der Waals surface area contributed by atoms with Gasteiger partial charge in [-0.25, -0.2) is 14.6 Å². The summed E-state index contributed by atoms with van der Waals surface area (Å²) in [6.45, 7) is 8.43. The molecule has 2 aromatic heterocycles. The van der Waals surface area contributed by atoms with Crippen molar-refractivity contribution in [3.8, 4) is 0 Å². The van der Waals surface area contributed by atoms with E-state index in [-0.39, 0.29) is 31.4 Å². The number of benzene rings is 1. The van der Waals surface area contributed by atoms with E-state index in [2.05, 4.69) is 51.9 Å². The molecule has 11 nitrogen and oxygen atoms in total. The van der Waals surface area contributed by atoms with Crippen molar-refractivity contribution in [3.05, 3.63) is 104 Å². The predicted molar refractivity (Wildman–Crippen MR) is 197 cm³/mol. The Kier molecular flexibility index (Phi) is 12.3. The SMILES string of the molecule is CC(C)c1nc(CN(C)C(=O)NC2(C(=O)NC(Cc3ccccc3)C[C@H](O)[C@H](Cc3c#cccc3)NC(=O)OCc3cncs3)CC2(C)C)cs1. The van der Waals surface area contributed by atoms with E-state index in [0.29, 0.717) is 25.3 Å². The molecule has 1 saturated carbocycles. The Bertz CT molecular complexity index is 1730. The highest BCUT2D eigenvalue weighted by Crippen LogP contribution is 2.56. The lowest BCUT2D eigenvalue weighted by molar-refractivity contribution is -0.125. The zero-order valence-electron chi connectivity index (χ0n) is 29.6. The normalized spacial score (nSPS) is 17.8. The zero-order chi connectivity index (χ0) is 36.6. The van der Waals surface area contributed by atoms with Crippen LogP contribution in [0.3, 0.4) is 0 Å². The molecule has 4 amide bonds. The maximum atomic E-state index is 14.2. The Morgan fingerprint density at radius 3 is 2.47 bits per heavy atom. The Balaban J connectivity index is 1.30. The third kappa shape index (κ3) is 10.1. The Hall–Kier alpha value is -4.51. The van der Waals surface area contributed by atoms with E-state index >= 15 is 0 Å². The largest absolute Gasteiger partial charge is 0.444 e. The second-order valence-corrected chi connectivity index (χ2v) is 15.9. The average molecular weight is 731 g/mol. The number of nitrogens with one attached hydrogen (secondary N) is 3. The summed E-state index contributed by atoms with van der Waals surface area (Å²) in [5, 5.41) is 23.7. The van der Waals surface area contributed by atoms with Gasteiger partial charge < -0.3 is 30.7 Å². The highest BCUT2D eigenvalue weighted by Gasteiger charge is 2.67. The molecule has 13 heteroatoms. The highest BCUT2D eigenvalue weighted by molar-refractivity contribution is 7.09. The van der Waals surface area contributed by atoms with Crippen LogP contribution in [0.15, 0.2) is 65.6 Å². The van der Waals surface area contributed by atoms with Crippen LogP contribution in [0.1, 0.15) is 73.2 Å². The van der Waals surface area contributed by atoms with Crippen molar-refractivity contribution in [1.29, 1.82) is 0 Å². The van der Waals surface area contributed by atoms with Crippen LogP contribution in [-0.2, 0) is 35.5 Å². The second-order valence-electron chi connectivity index (χ2n) is 14.1. The Labute approximate surface area is 307 Å². The van der Waals surface area contributed by atoms with E-state index in [4.69, 9.17) is 4.74 Å². The van der Waals surface area contributed by atoms with Crippen LogP contribution in [0.25, 0.3) is 0 Å². The predicted octanol–water partition coefficient (Wildman–Crippen LogP) is 5.65. The molecule has 4 atom stereocenters. The number of carbonyl (C=O) groups excluding carboxylic acids is 3. The zero-order valence-corrected chi connectivity index (χ0v) is 31.3. The summed E-state index contributed by atoms with van der Waals surface area (Å²) >= 11 is 2.95. The highest BCUT2D eigenvalue weighted by atomic mass is 32.1. The van der Waals surface area contributed by atoms with Gasteiger partial charge in [0.05, 0.1) is 39.8 Å². The summed E-state index contributed by atoms with van der Waals surface area (Å²) in [4.78, 5) is 51.6. The number of ether oxygens (including phenoxy) is 1. The van der Waals surface area contributed by atoms with Crippen molar-refractivity contribution in [3.63, 3.8) is 0 Å². The summed E-state index contributed by atoms with van der Waals surface area (Å²) in [6, 6.07) is 19.4. The lowest BCUT2D eigenvalue weighted by atomic mass is 9.93. The molecule has 1 aliphatic carbocycles. The number of hydrogen-bond acceptors (Lipinski definition) is 9. The van der Waals surface area contributed by atoms with Gasteiger partial charge in [0.15, 0.2) is 0 Å². The van der Waals surface area contributed by atoms with Gasteiger partial charge in [-0.3, -0.25) is 9.78 Å². The average Bonchev–Trinajstić information content (AvgIpc) is 3.52. The van der Waals surface area contributed by atoms with Crippen LogP contribution in [0.2, 0.25) is 0 Å². The first-order chi connectivity index (χ1) is 24.3. The fraction of sp³-hybridized carbons (Fsp3) is 0.447. The molecule has 2 heterocycles. The minimum atomic E-state index is -1.14. The number of hydrogen-bond donors (Lipinski definition) is 4. The minimum Gasteiger partial charge on any atom is -0.444 e. The number of rotatable bonds is 16. The number of aliphatic hydroxyl groups excluding tert-OH is 1. The number of urea groups is 1. The van der Waals surface area contributed by atoms with E-state index < -0.39 is 35.2 Å². The molecule has 270 valence electrons. The van der Waals surface area contributed by atoms with Gasteiger partial charge in [-0.15, -0.1) is 22.7 Å². The van der Waals surface area contributed by atoms with Gasteiger partial charge in [-0.1, -0.05) is 76.2 Å². The lowest BCUT2D eigenvalue weighted by Gasteiger charge is -2.30. The number of aliphatic hydroxyl groups is 1. The van der Waals surface area contributed by atoms with Crippen molar-refractivity contribution in [1.82, 2.24) is 30.8 Å². The van der Waals surface area contributed by atoms with Crippen LogP contribution < -0.4 is 16.0 Å². The number of aromatic nitrogens is 2. The number of nitrogens with zero attached hydrogens (tertiary/aromatic N) is 3. The third-order valence-corrected chi connectivity index (χ3v) is 11.1. The molecule has 1 aliphatic rings. The molecule has 0 bridgehead atoms. The summed E-state index contributed by atoms with van der Waals surface area (Å²) in [5.41, 5.74) is 2.53. The lowest BCUT2D eigenvalue weighted by Crippen LogP contribution is -2.57. The topological polar surface area (TPSA) is 146 Å². The van der Waals surface area contributed by atoms with Crippen LogP contribution in [0.4, 0.5) is 9.59 Å². The van der Waals surface area contributed by atoms with Gasteiger partial charge in [0.2, 0.25) is 5.91 Å². The van der Waals surface area contributed by atoms with Crippen molar-refractivity contribution >= 4 is 40.7 Å². The molecule has 4 N–H and O–H groups in total. The van der Waals surface area contributed by atoms with E-state index in [1.54, 1.807) is 36.2 Å². The maximum Gasteiger partial charge on any atom is 0.407 e.